The number of benzene rings is 1. The van der Waals surface area contributed by atoms with E-state index in [1.165, 1.54) is 13.2 Å². The summed E-state index contributed by atoms with van der Waals surface area (Å²) in [5, 5.41) is 35.5. The molecule has 9 N–H and O–H groups in total. The molecule has 0 aliphatic rings. The second-order valence-corrected chi connectivity index (χ2v) is 15.0. The zero-order valence-electron chi connectivity index (χ0n) is 32.3. The van der Waals surface area contributed by atoms with Crippen molar-refractivity contribution in [3.05, 3.63) is 23.8 Å². The highest BCUT2D eigenvalue weighted by atomic mass is 32.2. The number of carbonyl (C=O) groups is 7. The average Bonchev–Trinajstić information content (AvgIpc) is 3.51. The molecule has 1 aromatic carbocycles. The number of rotatable bonds is 23. The van der Waals surface area contributed by atoms with E-state index in [1.54, 1.807) is 32.0 Å². The number of aliphatic hydroxyl groups is 2. The van der Waals surface area contributed by atoms with Crippen molar-refractivity contribution < 1.29 is 52.7 Å². The van der Waals surface area contributed by atoms with Crippen molar-refractivity contribution in [3.8, 4) is 5.75 Å². The molecule has 19 heteroatoms. The van der Waals surface area contributed by atoms with E-state index in [9.17, 15) is 48.0 Å². The van der Waals surface area contributed by atoms with Crippen LogP contribution in [-0.2, 0) is 50.8 Å². The van der Waals surface area contributed by atoms with Crippen LogP contribution >= 0.6 is 0 Å². The summed E-state index contributed by atoms with van der Waals surface area (Å²) in [5.41, 5.74) is 0.971. The second kappa shape index (κ2) is 22.5. The van der Waals surface area contributed by atoms with Crippen molar-refractivity contribution in [2.45, 2.75) is 83.6 Å². The van der Waals surface area contributed by atoms with E-state index in [-0.39, 0.29) is 23.9 Å². The van der Waals surface area contributed by atoms with E-state index in [0.717, 1.165) is 6.92 Å². The van der Waals surface area contributed by atoms with Crippen LogP contribution in [0.3, 0.4) is 0 Å². The van der Waals surface area contributed by atoms with Crippen LogP contribution in [0.1, 0.15) is 53.5 Å². The van der Waals surface area contributed by atoms with Crippen LogP contribution < -0.4 is 36.6 Å². The van der Waals surface area contributed by atoms with Gasteiger partial charge in [-0.15, -0.1) is 0 Å². The number of aromatic amines is 1. The molecule has 1 unspecified atom stereocenters. The van der Waals surface area contributed by atoms with Gasteiger partial charge in [-0.25, -0.2) is 0 Å². The third-order valence-electron chi connectivity index (χ3n) is 8.75. The Bertz CT molecular complexity index is 1700. The van der Waals surface area contributed by atoms with Gasteiger partial charge in [0.1, 0.15) is 35.2 Å². The topological polar surface area (TPSA) is 274 Å². The molecule has 18 nitrogen and oxygen atoms in total. The number of ether oxygens (including phenoxy) is 1. The molecule has 1 heterocycles. The van der Waals surface area contributed by atoms with Gasteiger partial charge in [-0.05, 0) is 29.5 Å². The van der Waals surface area contributed by atoms with Crippen LogP contribution in [0.25, 0.3) is 10.9 Å². The van der Waals surface area contributed by atoms with E-state index >= 15 is 0 Å². The number of H-pyrrole nitrogens is 1. The fourth-order valence-electron chi connectivity index (χ4n) is 5.44. The summed E-state index contributed by atoms with van der Waals surface area (Å²) in [6, 6.07) is 1.24. The lowest BCUT2D eigenvalue weighted by atomic mass is 9.94. The van der Waals surface area contributed by atoms with Gasteiger partial charge in [-0.1, -0.05) is 41.0 Å². The molecule has 55 heavy (non-hydrogen) atoms. The molecule has 0 fully saturated rings. The number of aldehydes is 1. The average molecular weight is 794 g/mol. The van der Waals surface area contributed by atoms with Gasteiger partial charge in [0.15, 0.2) is 0 Å². The lowest BCUT2D eigenvalue weighted by Crippen LogP contribution is -2.58. The number of nitrogens with one attached hydrogen (secondary N) is 7. The Morgan fingerprint density at radius 2 is 1.56 bits per heavy atom. The van der Waals surface area contributed by atoms with Gasteiger partial charge in [0.25, 0.3) is 0 Å². The number of hydrogen-bond donors (Lipinski definition) is 9. The summed E-state index contributed by atoms with van der Waals surface area (Å²) in [6.45, 7) is 8.51. The quantitative estimate of drug-likeness (QED) is 0.0587. The molecular formula is C36H55N7O11S. The Balaban J connectivity index is 2.43. The number of aromatic nitrogens is 1. The zero-order valence-corrected chi connectivity index (χ0v) is 33.1. The van der Waals surface area contributed by atoms with Crippen molar-refractivity contribution in [3.63, 3.8) is 0 Å². The zero-order chi connectivity index (χ0) is 41.4. The third-order valence-corrected chi connectivity index (χ3v) is 9.68. The standard InChI is InChI=1S/C36H55N7O11S/c1-8-20(4)31(34(51)39-15-29(48)37-11-12-44)43-30(49)16-38-33(50)27(41-35(52)32(40-22(6)46)21(5)28(47)17-45)14-25-24-10-9-23(54-18-19(2)3)13-26(24)42-36(25)55(7)53/h9-10,12-13,19-21,27-28,31-32,42,45,47H,8,11,14-18H2,1-7H3,(H,37,48)(H,38,50)(H,39,51)(H,40,46)(H,41,52)(H,43,49)/t20-,21-,27-,28-,31-,32-,55?/m0/s1. The largest absolute Gasteiger partial charge is 0.493 e. The van der Waals surface area contributed by atoms with Crippen molar-refractivity contribution in [2.75, 3.05) is 39.1 Å². The van der Waals surface area contributed by atoms with E-state index < -0.39 is 102 Å². The molecule has 6 amide bonds. The summed E-state index contributed by atoms with van der Waals surface area (Å²) >= 11 is 0. The monoisotopic (exact) mass is 793 g/mol. The summed E-state index contributed by atoms with van der Waals surface area (Å²) in [4.78, 5) is 91.2. The highest BCUT2D eigenvalue weighted by Gasteiger charge is 2.34. The van der Waals surface area contributed by atoms with E-state index in [0.29, 0.717) is 41.5 Å². The van der Waals surface area contributed by atoms with Gasteiger partial charge in [-0.2, -0.15) is 0 Å². The Kier molecular flexibility index (Phi) is 18.9. The van der Waals surface area contributed by atoms with Gasteiger partial charge in [0.2, 0.25) is 35.4 Å². The summed E-state index contributed by atoms with van der Waals surface area (Å²) < 4.78 is 18.8. The maximum atomic E-state index is 13.9. The predicted molar refractivity (Wildman–Crippen MR) is 203 cm³/mol. The van der Waals surface area contributed by atoms with Gasteiger partial charge in [-0.3, -0.25) is 33.0 Å². The highest BCUT2D eigenvalue weighted by molar-refractivity contribution is 7.84. The van der Waals surface area contributed by atoms with Crippen LogP contribution in [0.15, 0.2) is 23.2 Å². The first-order valence-electron chi connectivity index (χ1n) is 18.0. The molecule has 0 bridgehead atoms. The predicted octanol–water partition coefficient (Wildman–Crippen LogP) is -1.46. The molecule has 0 radical (unpaired) electrons. The Morgan fingerprint density at radius 1 is 0.909 bits per heavy atom. The molecule has 306 valence electrons. The van der Waals surface area contributed by atoms with Crippen molar-refractivity contribution in [1.82, 2.24) is 36.9 Å². The molecule has 0 saturated carbocycles. The molecule has 2 rings (SSSR count). The van der Waals surface area contributed by atoms with E-state index in [2.05, 4.69) is 36.9 Å². The summed E-state index contributed by atoms with van der Waals surface area (Å²) in [5.74, 6) is -4.98. The maximum absolute atomic E-state index is 13.9. The molecule has 1 aromatic heterocycles. The minimum atomic E-state index is -1.60. The fourth-order valence-corrected chi connectivity index (χ4v) is 6.24. The van der Waals surface area contributed by atoms with E-state index in [1.807, 2.05) is 13.8 Å². The van der Waals surface area contributed by atoms with Crippen molar-refractivity contribution in [2.24, 2.45) is 17.8 Å². The summed E-state index contributed by atoms with van der Waals surface area (Å²) in [6.07, 6.45) is 0.740. The van der Waals surface area contributed by atoms with Gasteiger partial charge < -0.3 is 56.6 Å². The third kappa shape index (κ3) is 14.4. The maximum Gasteiger partial charge on any atom is 0.243 e. The SMILES string of the molecule is CC[C@H](C)[C@H](NC(=O)CNC(=O)[C@H](Cc1c(S(C)=O)[nH]c2cc(OCC(C)C)ccc12)NC(=O)[C@@H](NC(C)=O)[C@@H](C)[C@@H](O)CO)C(=O)NCC(=O)NCC=O. The molecule has 0 saturated heterocycles. The lowest BCUT2D eigenvalue weighted by molar-refractivity contribution is -0.134. The molecule has 0 aliphatic heterocycles. The second-order valence-electron chi connectivity index (χ2n) is 13.7. The smallest absolute Gasteiger partial charge is 0.243 e. The van der Waals surface area contributed by atoms with E-state index in [4.69, 9.17) is 4.74 Å². The molecule has 0 spiro atoms. The van der Waals surface area contributed by atoms with Gasteiger partial charge >= 0.3 is 0 Å². The molecule has 0 aliphatic carbocycles. The van der Waals surface area contributed by atoms with Crippen molar-refractivity contribution in [1.29, 1.82) is 0 Å². The molecule has 7 atom stereocenters. The van der Waals surface area contributed by atoms with Crippen LogP contribution in [0.4, 0.5) is 0 Å². The summed E-state index contributed by atoms with van der Waals surface area (Å²) in [7, 11) is -1.60. The fraction of sp³-hybridized carbons (Fsp3) is 0.583. The first-order chi connectivity index (χ1) is 25.9. The highest BCUT2D eigenvalue weighted by Crippen LogP contribution is 2.29. The van der Waals surface area contributed by atoms with Gasteiger partial charge in [0, 0.05) is 37.0 Å². The first kappa shape index (κ1) is 46.3. The normalized spacial score (nSPS) is 15.0. The minimum Gasteiger partial charge on any atom is -0.493 e. The Labute approximate surface area is 322 Å². The Morgan fingerprint density at radius 3 is 2.15 bits per heavy atom. The number of amides is 6. The van der Waals surface area contributed by atoms with Crippen LogP contribution in [0.2, 0.25) is 0 Å². The molecular weight excluding hydrogens is 739 g/mol. The van der Waals surface area contributed by atoms with Crippen molar-refractivity contribution >= 4 is 63.4 Å². The number of fused-ring (bicyclic) bond motifs is 1. The number of hydrogen-bond acceptors (Lipinski definition) is 11. The molecule has 2 aromatic rings. The number of carbonyl (C=O) groups excluding carboxylic acids is 7. The minimum absolute atomic E-state index is 0.231. The number of aliphatic hydroxyl groups excluding tert-OH is 2. The van der Waals surface area contributed by atoms with Crippen LogP contribution in [0.5, 0.6) is 5.75 Å². The van der Waals surface area contributed by atoms with Crippen LogP contribution in [0, 0.1) is 17.8 Å². The first-order valence-corrected chi connectivity index (χ1v) is 19.5. The lowest BCUT2D eigenvalue weighted by Gasteiger charge is -2.29. The Hall–Kier alpha value is -4.88. The van der Waals surface area contributed by atoms with Crippen LogP contribution in [-0.4, -0.2) is 124 Å². The van der Waals surface area contributed by atoms with Gasteiger partial charge in [0.05, 0.1) is 55.3 Å².